The highest BCUT2D eigenvalue weighted by molar-refractivity contribution is 5.67. The summed E-state index contributed by atoms with van der Waals surface area (Å²) in [7, 11) is 3.35. The summed E-state index contributed by atoms with van der Waals surface area (Å²) in [5.74, 6) is 1.63. The van der Waals surface area contributed by atoms with E-state index < -0.39 is 0 Å². The molecule has 6 nitrogen and oxygen atoms in total. The van der Waals surface area contributed by atoms with E-state index in [1.807, 2.05) is 36.4 Å². The summed E-state index contributed by atoms with van der Waals surface area (Å²) in [6.45, 7) is 1.60. The summed E-state index contributed by atoms with van der Waals surface area (Å²) < 4.78 is 10.8. The number of piperidine rings is 1. The van der Waals surface area contributed by atoms with Gasteiger partial charge in [-0.05, 0) is 30.7 Å². The Morgan fingerprint density at radius 2 is 1.96 bits per heavy atom. The summed E-state index contributed by atoms with van der Waals surface area (Å²) in [6, 6.07) is 11.8. The number of aromatic nitrogens is 2. The Hall–Kier alpha value is -2.18. The molecule has 1 aliphatic rings. The van der Waals surface area contributed by atoms with Crippen LogP contribution in [0.2, 0.25) is 0 Å². The zero-order valence-electron chi connectivity index (χ0n) is 13.5. The zero-order chi connectivity index (χ0) is 16.2. The largest absolute Gasteiger partial charge is 0.496 e. The van der Waals surface area contributed by atoms with E-state index >= 15 is 0 Å². The predicted molar refractivity (Wildman–Crippen MR) is 89.6 cm³/mol. The summed E-state index contributed by atoms with van der Waals surface area (Å²) in [6.07, 6.45) is 0.911. The van der Waals surface area contributed by atoms with E-state index in [1.54, 1.807) is 14.2 Å². The zero-order valence-corrected chi connectivity index (χ0v) is 13.5. The van der Waals surface area contributed by atoms with Gasteiger partial charge in [0.25, 0.3) is 0 Å². The smallest absolute Gasteiger partial charge is 0.151 e. The highest BCUT2D eigenvalue weighted by Gasteiger charge is 2.27. The number of methoxy groups -OCH3 is 2. The first-order chi connectivity index (χ1) is 11.2. The van der Waals surface area contributed by atoms with Crippen LogP contribution in [0.5, 0.6) is 5.75 Å². The number of hydrogen-bond acceptors (Lipinski definition) is 6. The van der Waals surface area contributed by atoms with Gasteiger partial charge in [0.05, 0.1) is 18.9 Å². The number of benzene rings is 1. The molecule has 1 saturated heterocycles. The first-order valence-corrected chi connectivity index (χ1v) is 7.73. The van der Waals surface area contributed by atoms with Crippen LogP contribution in [0.25, 0.3) is 11.3 Å². The first-order valence-electron chi connectivity index (χ1n) is 7.73. The number of ether oxygens (including phenoxy) is 2. The summed E-state index contributed by atoms with van der Waals surface area (Å²) in [5.41, 5.74) is 7.79. The van der Waals surface area contributed by atoms with Crippen molar-refractivity contribution in [3.05, 3.63) is 36.4 Å². The maximum atomic E-state index is 6.06. The summed E-state index contributed by atoms with van der Waals surface area (Å²) >= 11 is 0. The number of anilines is 1. The topological polar surface area (TPSA) is 73.5 Å². The standard InChI is InChI=1S/C17H22N4O2/c1-22-15-6-4-3-5-12(15)14-7-8-17(20-19-14)21-10-9-13(18)16(11-21)23-2/h3-8,13,16H,9-11,18H2,1-2H3/t13-,16+/m1/s1. The van der Waals surface area contributed by atoms with Crippen LogP contribution >= 0.6 is 0 Å². The van der Waals surface area contributed by atoms with Crippen molar-refractivity contribution in [3.8, 4) is 17.0 Å². The van der Waals surface area contributed by atoms with Gasteiger partial charge in [-0.1, -0.05) is 12.1 Å². The minimum Gasteiger partial charge on any atom is -0.496 e. The fourth-order valence-corrected chi connectivity index (χ4v) is 2.89. The molecule has 0 radical (unpaired) electrons. The molecule has 3 rings (SSSR count). The molecule has 2 aromatic rings. The molecular formula is C17H22N4O2. The third kappa shape index (κ3) is 3.28. The third-order valence-corrected chi connectivity index (χ3v) is 4.27. The number of rotatable bonds is 4. The monoisotopic (exact) mass is 314 g/mol. The lowest BCUT2D eigenvalue weighted by Gasteiger charge is -2.36. The van der Waals surface area contributed by atoms with Crippen molar-refractivity contribution in [2.45, 2.75) is 18.6 Å². The molecular weight excluding hydrogens is 292 g/mol. The van der Waals surface area contributed by atoms with E-state index in [-0.39, 0.29) is 12.1 Å². The molecule has 0 bridgehead atoms. The van der Waals surface area contributed by atoms with Crippen molar-refractivity contribution >= 4 is 5.82 Å². The molecule has 0 spiro atoms. The second-order valence-corrected chi connectivity index (χ2v) is 5.65. The van der Waals surface area contributed by atoms with Crippen molar-refractivity contribution in [1.82, 2.24) is 10.2 Å². The lowest BCUT2D eigenvalue weighted by Crippen LogP contribution is -2.51. The van der Waals surface area contributed by atoms with Crippen LogP contribution in [-0.2, 0) is 4.74 Å². The quantitative estimate of drug-likeness (QED) is 0.926. The Morgan fingerprint density at radius 1 is 1.13 bits per heavy atom. The number of hydrogen-bond donors (Lipinski definition) is 1. The summed E-state index contributed by atoms with van der Waals surface area (Å²) in [5, 5.41) is 8.73. The Bertz CT molecular complexity index is 647. The minimum atomic E-state index is 0.0273. The predicted octanol–water partition coefficient (Wildman–Crippen LogP) is 1.70. The van der Waals surface area contributed by atoms with Crippen molar-refractivity contribution < 1.29 is 9.47 Å². The Balaban J connectivity index is 1.80. The molecule has 0 saturated carbocycles. The molecule has 0 amide bonds. The van der Waals surface area contributed by atoms with Crippen LogP contribution in [0.15, 0.2) is 36.4 Å². The van der Waals surface area contributed by atoms with E-state index in [1.165, 1.54) is 0 Å². The Morgan fingerprint density at radius 3 is 2.65 bits per heavy atom. The fraction of sp³-hybridized carbons (Fsp3) is 0.412. The Labute approximate surface area is 136 Å². The van der Waals surface area contributed by atoms with Gasteiger partial charge in [-0.3, -0.25) is 0 Å². The normalized spacial score (nSPS) is 21.3. The number of nitrogens with two attached hydrogens (primary N) is 1. The molecule has 6 heteroatoms. The van der Waals surface area contributed by atoms with Gasteiger partial charge in [-0.15, -0.1) is 10.2 Å². The van der Waals surface area contributed by atoms with Gasteiger partial charge in [0, 0.05) is 31.8 Å². The molecule has 1 aromatic heterocycles. The van der Waals surface area contributed by atoms with Crippen molar-refractivity contribution in [2.75, 3.05) is 32.2 Å². The van der Waals surface area contributed by atoms with Crippen LogP contribution < -0.4 is 15.4 Å². The molecule has 122 valence electrons. The van der Waals surface area contributed by atoms with Crippen LogP contribution in [0.1, 0.15) is 6.42 Å². The fourth-order valence-electron chi connectivity index (χ4n) is 2.89. The molecule has 2 heterocycles. The van der Waals surface area contributed by atoms with E-state index in [2.05, 4.69) is 15.1 Å². The van der Waals surface area contributed by atoms with E-state index in [0.29, 0.717) is 0 Å². The lowest BCUT2D eigenvalue weighted by molar-refractivity contribution is 0.0727. The number of para-hydroxylation sites is 1. The average Bonchev–Trinajstić information content (AvgIpc) is 2.62. The molecule has 23 heavy (non-hydrogen) atoms. The lowest BCUT2D eigenvalue weighted by atomic mass is 10.0. The van der Waals surface area contributed by atoms with Crippen LogP contribution in [0, 0.1) is 0 Å². The second kappa shape index (κ2) is 6.93. The molecule has 1 fully saturated rings. The first kappa shape index (κ1) is 15.7. The molecule has 1 aromatic carbocycles. The van der Waals surface area contributed by atoms with Gasteiger partial charge < -0.3 is 20.1 Å². The average molecular weight is 314 g/mol. The van der Waals surface area contributed by atoms with E-state index in [0.717, 1.165) is 42.3 Å². The SMILES string of the molecule is COc1ccccc1-c1ccc(N2CC[C@@H](N)[C@@H](OC)C2)nn1. The van der Waals surface area contributed by atoms with Crippen LogP contribution in [0.3, 0.4) is 0 Å². The van der Waals surface area contributed by atoms with E-state index in [9.17, 15) is 0 Å². The maximum absolute atomic E-state index is 6.06. The highest BCUT2D eigenvalue weighted by Crippen LogP contribution is 2.28. The van der Waals surface area contributed by atoms with E-state index in [4.69, 9.17) is 15.2 Å². The third-order valence-electron chi connectivity index (χ3n) is 4.27. The second-order valence-electron chi connectivity index (χ2n) is 5.65. The van der Waals surface area contributed by atoms with Gasteiger partial charge in [0.15, 0.2) is 5.82 Å². The van der Waals surface area contributed by atoms with Gasteiger partial charge in [0.1, 0.15) is 5.75 Å². The van der Waals surface area contributed by atoms with Gasteiger partial charge in [0.2, 0.25) is 0 Å². The van der Waals surface area contributed by atoms with Crippen LogP contribution in [-0.4, -0.2) is 49.7 Å². The summed E-state index contributed by atoms with van der Waals surface area (Å²) in [4.78, 5) is 2.16. The van der Waals surface area contributed by atoms with Gasteiger partial charge >= 0.3 is 0 Å². The highest BCUT2D eigenvalue weighted by atomic mass is 16.5. The van der Waals surface area contributed by atoms with Crippen molar-refractivity contribution in [2.24, 2.45) is 5.73 Å². The molecule has 0 unspecified atom stereocenters. The molecule has 1 aliphatic heterocycles. The van der Waals surface area contributed by atoms with Crippen LogP contribution in [0.4, 0.5) is 5.82 Å². The Kier molecular flexibility index (Phi) is 4.73. The van der Waals surface area contributed by atoms with Gasteiger partial charge in [-0.25, -0.2) is 0 Å². The van der Waals surface area contributed by atoms with Gasteiger partial charge in [-0.2, -0.15) is 0 Å². The molecule has 2 atom stereocenters. The molecule has 0 aliphatic carbocycles. The maximum Gasteiger partial charge on any atom is 0.151 e. The number of nitrogens with zero attached hydrogens (tertiary/aromatic N) is 3. The minimum absolute atomic E-state index is 0.0273. The van der Waals surface area contributed by atoms with Crippen molar-refractivity contribution in [1.29, 1.82) is 0 Å². The van der Waals surface area contributed by atoms with Crippen molar-refractivity contribution in [3.63, 3.8) is 0 Å². The molecule has 2 N–H and O–H groups in total.